The third-order valence-electron chi connectivity index (χ3n) is 3.96. The van der Waals surface area contributed by atoms with E-state index in [-0.39, 0.29) is 24.2 Å². The molecule has 0 aliphatic carbocycles. The summed E-state index contributed by atoms with van der Waals surface area (Å²) in [6.07, 6.45) is 1.88. The molecule has 1 saturated heterocycles. The van der Waals surface area contributed by atoms with Crippen LogP contribution in [0.25, 0.3) is 0 Å². The quantitative estimate of drug-likeness (QED) is 0.947. The highest BCUT2D eigenvalue weighted by molar-refractivity contribution is 7.13. The van der Waals surface area contributed by atoms with Crippen LogP contribution in [0.5, 0.6) is 0 Å². The van der Waals surface area contributed by atoms with Gasteiger partial charge in [-0.1, -0.05) is 6.07 Å². The summed E-state index contributed by atoms with van der Waals surface area (Å²) >= 11 is 1.37. The van der Waals surface area contributed by atoms with E-state index >= 15 is 0 Å². The number of benzene rings is 1. The van der Waals surface area contributed by atoms with Crippen molar-refractivity contribution < 1.29 is 9.59 Å². The number of aromatic nitrogens is 1. The fourth-order valence-corrected chi connectivity index (χ4v) is 3.05. The number of thiazole rings is 1. The Hall–Kier alpha value is -2.21. The largest absolute Gasteiger partial charge is 0.312 e. The lowest BCUT2D eigenvalue weighted by Crippen LogP contribution is -2.28. The number of carbonyl (C=O) groups is 2. The first-order valence-electron chi connectivity index (χ1n) is 7.12. The van der Waals surface area contributed by atoms with E-state index < -0.39 is 0 Å². The van der Waals surface area contributed by atoms with Gasteiger partial charge in [-0.3, -0.25) is 9.59 Å². The van der Waals surface area contributed by atoms with Gasteiger partial charge in [-0.15, -0.1) is 11.3 Å². The van der Waals surface area contributed by atoms with Crippen molar-refractivity contribution in [3.63, 3.8) is 0 Å². The first-order valence-corrected chi connectivity index (χ1v) is 8.00. The summed E-state index contributed by atoms with van der Waals surface area (Å²) in [6.45, 7) is 4.47. The zero-order chi connectivity index (χ0) is 15.7. The second kappa shape index (κ2) is 5.88. The van der Waals surface area contributed by atoms with Gasteiger partial charge in [0, 0.05) is 30.2 Å². The van der Waals surface area contributed by atoms with E-state index in [4.69, 9.17) is 0 Å². The molecule has 1 aromatic carbocycles. The van der Waals surface area contributed by atoms with E-state index in [1.807, 2.05) is 32.0 Å². The molecule has 1 aliphatic rings. The molecule has 0 saturated carbocycles. The SMILES string of the molecule is Cc1ccc(N2C[C@@H](C(=O)Nc3nccs3)CC2=O)cc1C. The van der Waals surface area contributed by atoms with Crippen molar-refractivity contribution >= 4 is 34.0 Å². The second-order valence-corrected chi connectivity index (χ2v) is 6.40. The summed E-state index contributed by atoms with van der Waals surface area (Å²) in [6, 6.07) is 5.93. The van der Waals surface area contributed by atoms with Crippen LogP contribution >= 0.6 is 11.3 Å². The van der Waals surface area contributed by atoms with Gasteiger partial charge in [0.25, 0.3) is 0 Å². The first kappa shape index (κ1) is 14.7. The molecule has 6 heteroatoms. The highest BCUT2D eigenvalue weighted by Crippen LogP contribution is 2.27. The van der Waals surface area contributed by atoms with Crippen LogP contribution in [-0.4, -0.2) is 23.3 Å². The third kappa shape index (κ3) is 2.87. The Kier molecular flexibility index (Phi) is 3.94. The lowest BCUT2D eigenvalue weighted by molar-refractivity contribution is -0.122. The van der Waals surface area contributed by atoms with Gasteiger partial charge >= 0.3 is 0 Å². The molecule has 1 aliphatic heterocycles. The van der Waals surface area contributed by atoms with E-state index in [1.165, 1.54) is 16.9 Å². The monoisotopic (exact) mass is 315 g/mol. The fourth-order valence-electron chi connectivity index (χ4n) is 2.52. The van der Waals surface area contributed by atoms with Crippen LogP contribution in [0.2, 0.25) is 0 Å². The standard InChI is InChI=1S/C16H17N3O2S/c1-10-3-4-13(7-11(10)2)19-9-12(8-14(19)20)15(21)18-16-17-5-6-22-16/h3-7,12H,8-9H2,1-2H3,(H,17,18,21)/t12-/m0/s1. The summed E-state index contributed by atoms with van der Waals surface area (Å²) in [5.41, 5.74) is 3.19. The van der Waals surface area contributed by atoms with Gasteiger partial charge in [0.15, 0.2) is 5.13 Å². The van der Waals surface area contributed by atoms with Crippen molar-refractivity contribution in [1.82, 2.24) is 4.98 Å². The second-order valence-electron chi connectivity index (χ2n) is 5.50. The maximum absolute atomic E-state index is 12.2. The van der Waals surface area contributed by atoms with Gasteiger partial charge in [0.05, 0.1) is 5.92 Å². The molecule has 5 nitrogen and oxygen atoms in total. The van der Waals surface area contributed by atoms with Crippen molar-refractivity contribution in [3.8, 4) is 0 Å². The Labute approximate surface area is 133 Å². The summed E-state index contributed by atoms with van der Waals surface area (Å²) < 4.78 is 0. The maximum Gasteiger partial charge on any atom is 0.231 e. The van der Waals surface area contributed by atoms with Gasteiger partial charge < -0.3 is 10.2 Å². The molecule has 0 unspecified atom stereocenters. The van der Waals surface area contributed by atoms with E-state index in [0.717, 1.165) is 11.3 Å². The molecule has 1 N–H and O–H groups in total. The topological polar surface area (TPSA) is 62.3 Å². The zero-order valence-corrected chi connectivity index (χ0v) is 13.3. The zero-order valence-electron chi connectivity index (χ0n) is 12.5. The van der Waals surface area contributed by atoms with Crippen LogP contribution in [0.3, 0.4) is 0 Å². The lowest BCUT2D eigenvalue weighted by Gasteiger charge is -2.17. The highest BCUT2D eigenvalue weighted by atomic mass is 32.1. The molecular weight excluding hydrogens is 298 g/mol. The minimum atomic E-state index is -0.335. The number of rotatable bonds is 3. The van der Waals surface area contributed by atoms with Crippen molar-refractivity contribution in [3.05, 3.63) is 40.9 Å². The van der Waals surface area contributed by atoms with Gasteiger partial charge in [-0.05, 0) is 37.1 Å². The molecule has 0 spiro atoms. The number of nitrogens with one attached hydrogen (secondary N) is 1. The van der Waals surface area contributed by atoms with E-state index in [1.54, 1.807) is 16.5 Å². The number of anilines is 2. The number of amides is 2. The van der Waals surface area contributed by atoms with E-state index in [0.29, 0.717) is 11.7 Å². The molecule has 0 bridgehead atoms. The molecule has 1 atom stereocenters. The Morgan fingerprint density at radius 3 is 2.86 bits per heavy atom. The first-order chi connectivity index (χ1) is 10.5. The Morgan fingerprint density at radius 2 is 2.18 bits per heavy atom. The summed E-state index contributed by atoms with van der Waals surface area (Å²) in [5, 5.41) is 5.14. The van der Waals surface area contributed by atoms with Crippen LogP contribution in [0.4, 0.5) is 10.8 Å². The van der Waals surface area contributed by atoms with Crippen LogP contribution < -0.4 is 10.2 Å². The Bertz CT molecular complexity index is 712. The number of hydrogen-bond donors (Lipinski definition) is 1. The van der Waals surface area contributed by atoms with Crippen LogP contribution in [0.15, 0.2) is 29.8 Å². The average molecular weight is 315 g/mol. The Morgan fingerprint density at radius 1 is 1.36 bits per heavy atom. The van der Waals surface area contributed by atoms with Crippen LogP contribution in [0, 0.1) is 19.8 Å². The number of hydrogen-bond acceptors (Lipinski definition) is 4. The van der Waals surface area contributed by atoms with Crippen molar-refractivity contribution in [2.45, 2.75) is 20.3 Å². The molecular formula is C16H17N3O2S. The van der Waals surface area contributed by atoms with Gasteiger partial charge in [-0.25, -0.2) is 4.98 Å². The molecule has 0 radical (unpaired) electrons. The van der Waals surface area contributed by atoms with Gasteiger partial charge in [-0.2, -0.15) is 0 Å². The smallest absolute Gasteiger partial charge is 0.231 e. The average Bonchev–Trinajstić information content (AvgIpc) is 3.11. The molecule has 2 amide bonds. The normalized spacial score (nSPS) is 17.8. The Balaban J connectivity index is 1.72. The molecule has 2 heterocycles. The van der Waals surface area contributed by atoms with Crippen LogP contribution in [-0.2, 0) is 9.59 Å². The van der Waals surface area contributed by atoms with Crippen LogP contribution in [0.1, 0.15) is 17.5 Å². The fraction of sp³-hybridized carbons (Fsp3) is 0.312. The molecule has 3 rings (SSSR count). The number of nitrogens with zero attached hydrogens (tertiary/aromatic N) is 2. The van der Waals surface area contributed by atoms with Gasteiger partial charge in [0.2, 0.25) is 11.8 Å². The maximum atomic E-state index is 12.2. The predicted octanol–water partition coefficient (Wildman–Crippen LogP) is 2.75. The summed E-state index contributed by atoms with van der Waals surface area (Å²) in [7, 11) is 0. The van der Waals surface area contributed by atoms with Crippen molar-refractivity contribution in [2.24, 2.45) is 5.92 Å². The highest BCUT2D eigenvalue weighted by Gasteiger charge is 2.35. The molecule has 1 fully saturated rings. The molecule has 22 heavy (non-hydrogen) atoms. The number of carbonyl (C=O) groups excluding carboxylic acids is 2. The van der Waals surface area contributed by atoms with Gasteiger partial charge in [0.1, 0.15) is 0 Å². The van der Waals surface area contributed by atoms with E-state index in [2.05, 4.69) is 10.3 Å². The van der Waals surface area contributed by atoms with E-state index in [9.17, 15) is 9.59 Å². The predicted molar refractivity (Wildman–Crippen MR) is 87.1 cm³/mol. The third-order valence-corrected chi connectivity index (χ3v) is 4.65. The molecule has 2 aromatic rings. The minimum absolute atomic E-state index is 0.0115. The number of aryl methyl sites for hydroxylation is 2. The lowest BCUT2D eigenvalue weighted by atomic mass is 10.1. The minimum Gasteiger partial charge on any atom is -0.312 e. The van der Waals surface area contributed by atoms with Crippen molar-refractivity contribution in [2.75, 3.05) is 16.8 Å². The summed E-state index contributed by atoms with van der Waals surface area (Å²) in [5.74, 6) is -0.491. The molecule has 1 aromatic heterocycles. The van der Waals surface area contributed by atoms with Crippen molar-refractivity contribution in [1.29, 1.82) is 0 Å². The molecule has 114 valence electrons. The summed E-state index contributed by atoms with van der Waals surface area (Å²) in [4.78, 5) is 30.2.